The van der Waals surface area contributed by atoms with Crippen molar-refractivity contribution in [2.45, 2.75) is 46.1 Å². The summed E-state index contributed by atoms with van der Waals surface area (Å²) in [4.78, 5) is 21.8. The molecule has 3 aromatic heterocycles. The third-order valence-corrected chi connectivity index (χ3v) is 4.97. The van der Waals surface area contributed by atoms with Crippen LogP contribution in [0.2, 0.25) is 0 Å². The van der Waals surface area contributed by atoms with Gasteiger partial charge in [0.15, 0.2) is 5.65 Å². The van der Waals surface area contributed by atoms with E-state index < -0.39 is 0 Å². The molecule has 0 saturated carbocycles. The van der Waals surface area contributed by atoms with Crippen LogP contribution in [0, 0.1) is 0 Å². The standard InChI is InChI=1S/C17H21N5OS/c1-10(2)22-14-11(7-20-22)6-12(8-18-14)21-15(23)13-9-19-16(24-13)17(3,4)5/h6-10H,1-5H3,(H,21,23). The van der Waals surface area contributed by atoms with Gasteiger partial charge in [-0.15, -0.1) is 11.3 Å². The summed E-state index contributed by atoms with van der Waals surface area (Å²) in [6.45, 7) is 10.4. The molecule has 0 aliphatic rings. The number of nitrogens with zero attached hydrogens (tertiary/aromatic N) is 4. The molecule has 0 saturated heterocycles. The van der Waals surface area contributed by atoms with E-state index in [1.54, 1.807) is 18.6 Å². The van der Waals surface area contributed by atoms with Gasteiger partial charge in [-0.1, -0.05) is 20.8 Å². The smallest absolute Gasteiger partial charge is 0.267 e. The molecule has 7 heteroatoms. The van der Waals surface area contributed by atoms with Crippen LogP contribution in [-0.2, 0) is 5.41 Å². The summed E-state index contributed by atoms with van der Waals surface area (Å²) in [6.07, 6.45) is 5.05. The molecule has 126 valence electrons. The van der Waals surface area contributed by atoms with E-state index in [0.717, 1.165) is 16.0 Å². The highest BCUT2D eigenvalue weighted by atomic mass is 32.1. The first kappa shape index (κ1) is 16.6. The average molecular weight is 343 g/mol. The fourth-order valence-electron chi connectivity index (χ4n) is 2.30. The lowest BCUT2D eigenvalue weighted by Gasteiger charge is -2.13. The van der Waals surface area contributed by atoms with Crippen molar-refractivity contribution < 1.29 is 4.79 Å². The lowest BCUT2D eigenvalue weighted by atomic mass is 9.98. The molecule has 0 aliphatic heterocycles. The number of nitrogens with one attached hydrogen (secondary N) is 1. The number of carbonyl (C=O) groups excluding carboxylic acids is 1. The van der Waals surface area contributed by atoms with Crippen LogP contribution in [0.25, 0.3) is 11.0 Å². The van der Waals surface area contributed by atoms with Gasteiger partial charge in [-0.05, 0) is 19.9 Å². The first-order valence-corrected chi connectivity index (χ1v) is 8.68. The van der Waals surface area contributed by atoms with Crippen LogP contribution in [0.1, 0.15) is 55.3 Å². The molecule has 1 amide bonds. The normalized spacial score (nSPS) is 12.1. The number of pyridine rings is 1. The topological polar surface area (TPSA) is 72.7 Å². The molecule has 0 atom stereocenters. The Labute approximate surface area is 144 Å². The Balaban J connectivity index is 1.82. The Hall–Kier alpha value is -2.28. The number of aromatic nitrogens is 4. The maximum absolute atomic E-state index is 12.4. The van der Waals surface area contributed by atoms with Crippen LogP contribution in [-0.4, -0.2) is 25.7 Å². The monoisotopic (exact) mass is 343 g/mol. The van der Waals surface area contributed by atoms with Crippen LogP contribution in [0.3, 0.4) is 0 Å². The Bertz CT molecular complexity index is 888. The van der Waals surface area contributed by atoms with Crippen molar-refractivity contribution in [3.63, 3.8) is 0 Å². The highest BCUT2D eigenvalue weighted by Gasteiger charge is 2.20. The molecular formula is C17H21N5OS. The second-order valence-corrected chi connectivity index (χ2v) is 8.08. The van der Waals surface area contributed by atoms with Gasteiger partial charge in [0.1, 0.15) is 4.88 Å². The van der Waals surface area contributed by atoms with E-state index in [1.165, 1.54) is 11.3 Å². The van der Waals surface area contributed by atoms with Crippen molar-refractivity contribution in [2.24, 2.45) is 0 Å². The van der Waals surface area contributed by atoms with E-state index >= 15 is 0 Å². The minimum absolute atomic E-state index is 0.0604. The summed E-state index contributed by atoms with van der Waals surface area (Å²) in [6, 6.07) is 2.13. The van der Waals surface area contributed by atoms with E-state index in [2.05, 4.69) is 55.0 Å². The molecule has 0 unspecified atom stereocenters. The third kappa shape index (κ3) is 3.17. The Morgan fingerprint density at radius 2 is 1.96 bits per heavy atom. The minimum Gasteiger partial charge on any atom is -0.320 e. The number of rotatable bonds is 3. The van der Waals surface area contributed by atoms with Crippen molar-refractivity contribution in [2.75, 3.05) is 5.32 Å². The first-order valence-electron chi connectivity index (χ1n) is 7.86. The predicted octanol–water partition coefficient (Wildman–Crippen LogP) is 4.02. The highest BCUT2D eigenvalue weighted by molar-refractivity contribution is 7.13. The van der Waals surface area contributed by atoms with E-state index in [4.69, 9.17) is 0 Å². The predicted molar refractivity (Wildman–Crippen MR) is 96.7 cm³/mol. The van der Waals surface area contributed by atoms with Gasteiger partial charge in [-0.25, -0.2) is 14.6 Å². The van der Waals surface area contributed by atoms with Gasteiger partial charge in [0.05, 0.1) is 29.3 Å². The first-order chi connectivity index (χ1) is 11.3. The quantitative estimate of drug-likeness (QED) is 0.779. The van der Waals surface area contributed by atoms with Crippen molar-refractivity contribution in [3.8, 4) is 0 Å². The summed E-state index contributed by atoms with van der Waals surface area (Å²) in [7, 11) is 0. The molecule has 0 aliphatic carbocycles. The van der Waals surface area contributed by atoms with Crippen LogP contribution in [0.5, 0.6) is 0 Å². The number of anilines is 1. The van der Waals surface area contributed by atoms with Gasteiger partial charge in [0.25, 0.3) is 5.91 Å². The molecule has 0 bridgehead atoms. The third-order valence-electron chi connectivity index (χ3n) is 3.55. The Morgan fingerprint density at radius 1 is 1.21 bits per heavy atom. The maximum Gasteiger partial charge on any atom is 0.267 e. The molecule has 0 fully saturated rings. The second-order valence-electron chi connectivity index (χ2n) is 7.05. The zero-order valence-corrected chi connectivity index (χ0v) is 15.3. The van der Waals surface area contributed by atoms with E-state index in [-0.39, 0.29) is 17.4 Å². The van der Waals surface area contributed by atoms with Crippen molar-refractivity contribution in [1.29, 1.82) is 0 Å². The Kier molecular flexibility index (Phi) is 4.13. The van der Waals surface area contributed by atoms with E-state index in [9.17, 15) is 4.79 Å². The summed E-state index contributed by atoms with van der Waals surface area (Å²) >= 11 is 1.42. The molecule has 3 aromatic rings. The molecule has 24 heavy (non-hydrogen) atoms. The Morgan fingerprint density at radius 3 is 2.58 bits per heavy atom. The number of thiazole rings is 1. The molecule has 3 rings (SSSR count). The van der Waals surface area contributed by atoms with Gasteiger partial charge in [0.2, 0.25) is 0 Å². The van der Waals surface area contributed by atoms with Crippen molar-refractivity contribution in [3.05, 3.63) is 34.5 Å². The number of amides is 1. The van der Waals surface area contributed by atoms with Crippen LogP contribution >= 0.6 is 11.3 Å². The number of carbonyl (C=O) groups is 1. The molecule has 3 heterocycles. The zero-order chi connectivity index (χ0) is 17.5. The fourth-order valence-corrected chi connectivity index (χ4v) is 3.17. The molecule has 0 radical (unpaired) electrons. The summed E-state index contributed by atoms with van der Waals surface area (Å²) in [5.74, 6) is -0.166. The summed E-state index contributed by atoms with van der Waals surface area (Å²) in [5, 5.41) is 9.07. The number of hydrogen-bond donors (Lipinski definition) is 1. The summed E-state index contributed by atoms with van der Waals surface area (Å²) in [5.41, 5.74) is 1.41. The molecule has 0 spiro atoms. The lowest BCUT2D eigenvalue weighted by molar-refractivity contribution is 0.103. The van der Waals surface area contributed by atoms with Gasteiger partial charge in [-0.3, -0.25) is 4.79 Å². The largest absolute Gasteiger partial charge is 0.320 e. The minimum atomic E-state index is -0.166. The second kappa shape index (κ2) is 5.98. The van der Waals surface area contributed by atoms with Crippen molar-refractivity contribution in [1.82, 2.24) is 19.7 Å². The van der Waals surface area contributed by atoms with E-state index in [1.807, 2.05) is 10.7 Å². The lowest BCUT2D eigenvalue weighted by Crippen LogP contribution is -2.11. The highest BCUT2D eigenvalue weighted by Crippen LogP contribution is 2.27. The zero-order valence-electron chi connectivity index (χ0n) is 14.5. The molecule has 0 aromatic carbocycles. The molecule has 6 nitrogen and oxygen atoms in total. The molecule has 1 N–H and O–H groups in total. The average Bonchev–Trinajstić information content (AvgIpc) is 3.13. The summed E-state index contributed by atoms with van der Waals surface area (Å²) < 4.78 is 1.86. The van der Waals surface area contributed by atoms with Gasteiger partial charge < -0.3 is 5.32 Å². The maximum atomic E-state index is 12.4. The van der Waals surface area contributed by atoms with Gasteiger partial charge >= 0.3 is 0 Å². The number of hydrogen-bond acceptors (Lipinski definition) is 5. The van der Waals surface area contributed by atoms with Gasteiger partial charge in [-0.2, -0.15) is 5.10 Å². The van der Waals surface area contributed by atoms with Crippen LogP contribution < -0.4 is 5.32 Å². The SMILES string of the molecule is CC(C)n1ncc2cc(NC(=O)c3cnc(C(C)(C)C)s3)cnc21. The van der Waals surface area contributed by atoms with Gasteiger partial charge in [0, 0.05) is 16.8 Å². The van der Waals surface area contributed by atoms with E-state index in [0.29, 0.717) is 10.6 Å². The van der Waals surface area contributed by atoms with Crippen molar-refractivity contribution >= 4 is 34.0 Å². The van der Waals surface area contributed by atoms with Crippen LogP contribution in [0.15, 0.2) is 24.7 Å². The number of fused-ring (bicyclic) bond motifs is 1. The van der Waals surface area contributed by atoms with Crippen LogP contribution in [0.4, 0.5) is 5.69 Å². The fraction of sp³-hybridized carbons (Fsp3) is 0.412. The molecular weight excluding hydrogens is 322 g/mol.